The molecule has 2 rings (SSSR count). The average molecular weight is 298 g/mol. The van der Waals surface area contributed by atoms with Crippen LogP contribution in [0.5, 0.6) is 0 Å². The number of carbonyl (C=O) groups is 1. The van der Waals surface area contributed by atoms with E-state index in [-0.39, 0.29) is 11.5 Å². The van der Waals surface area contributed by atoms with E-state index >= 15 is 0 Å². The van der Waals surface area contributed by atoms with Crippen molar-refractivity contribution in [3.63, 3.8) is 0 Å². The summed E-state index contributed by atoms with van der Waals surface area (Å²) in [4.78, 5) is 24.4. The second-order valence-corrected chi connectivity index (χ2v) is 6.08. The van der Waals surface area contributed by atoms with Crippen LogP contribution in [0.2, 0.25) is 0 Å². The number of carbonyl (C=O) groups excluding carboxylic acids is 1. The van der Waals surface area contributed by atoms with Gasteiger partial charge >= 0.3 is 5.69 Å². The number of anilines is 1. The predicted molar refractivity (Wildman–Crippen MR) is 77.8 cm³/mol. The minimum atomic E-state index is -0.418. The summed E-state index contributed by atoms with van der Waals surface area (Å²) >= 11 is 1.20. The monoisotopic (exact) mass is 298 g/mol. The molecule has 1 fully saturated rings. The van der Waals surface area contributed by atoms with E-state index in [1.54, 1.807) is 0 Å². The van der Waals surface area contributed by atoms with Crippen molar-refractivity contribution in [1.82, 2.24) is 0 Å². The number of nitro groups is 1. The number of hydrogen-bond acceptors (Lipinski definition) is 6. The number of nitrogens with zero attached hydrogens (tertiary/aromatic N) is 2. The van der Waals surface area contributed by atoms with Gasteiger partial charge in [-0.1, -0.05) is 0 Å². The smallest absolute Gasteiger partial charge is 0.304 e. The molecule has 0 saturated carbocycles. The second kappa shape index (κ2) is 6.32. The van der Waals surface area contributed by atoms with Crippen LogP contribution in [0.3, 0.4) is 0 Å². The van der Waals surface area contributed by atoms with E-state index in [2.05, 4.69) is 0 Å². The highest BCUT2D eigenvalue weighted by Crippen LogP contribution is 2.38. The summed E-state index contributed by atoms with van der Waals surface area (Å²) < 4.78 is 5.32. The largest absolute Gasteiger partial charge is 0.381 e. The van der Waals surface area contributed by atoms with Crippen molar-refractivity contribution in [2.24, 2.45) is 5.92 Å². The van der Waals surface area contributed by atoms with Gasteiger partial charge in [0.05, 0.1) is 9.80 Å². The zero-order valence-corrected chi connectivity index (χ0v) is 12.4. The minimum absolute atomic E-state index is 0.0229. The van der Waals surface area contributed by atoms with Gasteiger partial charge in [0.15, 0.2) is 10.8 Å². The van der Waals surface area contributed by atoms with Gasteiger partial charge < -0.3 is 9.64 Å². The Morgan fingerprint density at radius 1 is 1.55 bits per heavy atom. The molecular weight excluding hydrogens is 280 g/mol. The highest BCUT2D eigenvalue weighted by molar-refractivity contribution is 7.18. The molecule has 0 unspecified atom stereocenters. The molecule has 0 atom stereocenters. The van der Waals surface area contributed by atoms with Gasteiger partial charge in [-0.15, -0.1) is 11.3 Å². The quantitative estimate of drug-likeness (QED) is 0.475. The maximum atomic E-state index is 11.4. The first-order chi connectivity index (χ1) is 9.49. The van der Waals surface area contributed by atoms with Gasteiger partial charge in [0.25, 0.3) is 0 Å². The summed E-state index contributed by atoms with van der Waals surface area (Å²) in [6.45, 7) is 3.69. The number of rotatable bonds is 5. The van der Waals surface area contributed by atoms with Crippen molar-refractivity contribution < 1.29 is 14.5 Å². The fraction of sp³-hybridized carbons (Fsp3) is 0.615. The molecule has 0 aromatic carbocycles. The summed E-state index contributed by atoms with van der Waals surface area (Å²) in [5.74, 6) is 0.347. The Labute approximate surface area is 121 Å². The van der Waals surface area contributed by atoms with E-state index in [4.69, 9.17) is 4.74 Å². The molecule has 2 heterocycles. The second-order valence-electron chi connectivity index (χ2n) is 5.05. The van der Waals surface area contributed by atoms with Crippen molar-refractivity contribution in [1.29, 1.82) is 0 Å². The SMILES string of the molecule is CC(=O)c1cc([N+](=O)[O-])c(N(C)CC2CCOCC2)s1. The molecule has 0 N–H and O–H groups in total. The van der Waals surface area contributed by atoms with Crippen LogP contribution in [0, 0.1) is 16.0 Å². The average Bonchev–Trinajstić information content (AvgIpc) is 2.85. The maximum absolute atomic E-state index is 11.4. The lowest BCUT2D eigenvalue weighted by Crippen LogP contribution is -2.29. The van der Waals surface area contributed by atoms with E-state index in [0.29, 0.717) is 15.8 Å². The number of ether oxygens (including phenoxy) is 1. The fourth-order valence-corrected chi connectivity index (χ4v) is 3.34. The van der Waals surface area contributed by atoms with Gasteiger partial charge in [-0.3, -0.25) is 14.9 Å². The molecule has 7 heteroatoms. The molecule has 0 amide bonds. The molecular formula is C13H18N2O4S. The summed E-state index contributed by atoms with van der Waals surface area (Å²) in [6, 6.07) is 1.38. The molecule has 0 spiro atoms. The Balaban J connectivity index is 2.16. The molecule has 1 aromatic rings. The van der Waals surface area contributed by atoms with Crippen molar-refractivity contribution in [2.75, 3.05) is 31.7 Å². The van der Waals surface area contributed by atoms with Gasteiger partial charge in [0.2, 0.25) is 0 Å². The zero-order valence-electron chi connectivity index (χ0n) is 11.6. The summed E-state index contributed by atoms with van der Waals surface area (Å²) in [6.07, 6.45) is 1.95. The summed E-state index contributed by atoms with van der Waals surface area (Å²) in [5, 5.41) is 11.7. The first kappa shape index (κ1) is 14.9. The third kappa shape index (κ3) is 3.34. The van der Waals surface area contributed by atoms with E-state index in [0.717, 1.165) is 32.6 Å². The lowest BCUT2D eigenvalue weighted by Gasteiger charge is -2.27. The number of Topliss-reactive ketones (excluding diaryl/α,β-unsaturated/α-hetero) is 1. The number of hydrogen-bond donors (Lipinski definition) is 0. The van der Waals surface area contributed by atoms with Crippen LogP contribution >= 0.6 is 11.3 Å². The van der Waals surface area contributed by atoms with Gasteiger partial charge in [0, 0.05) is 32.9 Å². The molecule has 0 aliphatic carbocycles. The van der Waals surface area contributed by atoms with E-state index < -0.39 is 4.92 Å². The standard InChI is InChI=1S/C13H18N2O4S/c1-9(16)12-7-11(15(17)18)13(20-12)14(2)8-10-3-5-19-6-4-10/h7,10H,3-6,8H2,1-2H3. The molecule has 1 aromatic heterocycles. The topological polar surface area (TPSA) is 72.7 Å². The molecule has 6 nitrogen and oxygen atoms in total. The lowest BCUT2D eigenvalue weighted by molar-refractivity contribution is -0.383. The first-order valence-corrected chi connectivity index (χ1v) is 7.38. The Hall–Kier alpha value is -1.47. The minimum Gasteiger partial charge on any atom is -0.381 e. The summed E-state index contributed by atoms with van der Waals surface area (Å²) in [7, 11) is 1.85. The lowest BCUT2D eigenvalue weighted by atomic mass is 10.00. The van der Waals surface area contributed by atoms with Crippen molar-refractivity contribution >= 4 is 27.8 Å². The number of ketones is 1. The van der Waals surface area contributed by atoms with Crippen LogP contribution in [0.4, 0.5) is 10.7 Å². The van der Waals surface area contributed by atoms with E-state index in [9.17, 15) is 14.9 Å². The van der Waals surface area contributed by atoms with Crippen LogP contribution in [0.15, 0.2) is 6.07 Å². The third-order valence-electron chi connectivity index (χ3n) is 3.46. The molecule has 1 aliphatic heterocycles. The van der Waals surface area contributed by atoms with Gasteiger partial charge in [-0.2, -0.15) is 0 Å². The van der Waals surface area contributed by atoms with E-state index in [1.807, 2.05) is 11.9 Å². The Bertz CT molecular complexity index is 508. The maximum Gasteiger partial charge on any atom is 0.304 e. The summed E-state index contributed by atoms with van der Waals surface area (Å²) in [5.41, 5.74) is 0.0229. The zero-order chi connectivity index (χ0) is 14.7. The fourth-order valence-electron chi connectivity index (χ4n) is 2.35. The van der Waals surface area contributed by atoms with Crippen molar-refractivity contribution in [3.05, 3.63) is 21.1 Å². The van der Waals surface area contributed by atoms with Crippen LogP contribution in [-0.2, 0) is 4.74 Å². The van der Waals surface area contributed by atoms with Crippen molar-refractivity contribution in [2.45, 2.75) is 19.8 Å². The van der Waals surface area contributed by atoms with Gasteiger partial charge in [0.1, 0.15) is 0 Å². The van der Waals surface area contributed by atoms with E-state index in [1.165, 1.54) is 24.3 Å². The van der Waals surface area contributed by atoms with Crippen LogP contribution in [-0.4, -0.2) is 37.5 Å². The number of thiophene rings is 1. The molecule has 20 heavy (non-hydrogen) atoms. The molecule has 0 radical (unpaired) electrons. The first-order valence-electron chi connectivity index (χ1n) is 6.57. The van der Waals surface area contributed by atoms with Gasteiger partial charge in [-0.05, 0) is 25.7 Å². The van der Waals surface area contributed by atoms with Crippen LogP contribution in [0.1, 0.15) is 29.4 Å². The molecule has 0 bridgehead atoms. The highest BCUT2D eigenvalue weighted by atomic mass is 32.1. The molecule has 110 valence electrons. The van der Waals surface area contributed by atoms with Crippen LogP contribution in [0.25, 0.3) is 0 Å². The Morgan fingerprint density at radius 3 is 2.75 bits per heavy atom. The van der Waals surface area contributed by atoms with Crippen LogP contribution < -0.4 is 4.90 Å². The Kier molecular flexibility index (Phi) is 4.72. The normalized spacial score (nSPS) is 16.1. The predicted octanol–water partition coefficient (Wildman–Crippen LogP) is 2.72. The Morgan fingerprint density at radius 2 is 2.20 bits per heavy atom. The third-order valence-corrected chi connectivity index (χ3v) is 4.80. The molecule has 1 aliphatic rings. The van der Waals surface area contributed by atoms with Gasteiger partial charge in [-0.25, -0.2) is 0 Å². The van der Waals surface area contributed by atoms with Crippen molar-refractivity contribution in [3.8, 4) is 0 Å². The molecule has 1 saturated heterocycles. The highest BCUT2D eigenvalue weighted by Gasteiger charge is 2.25.